The predicted octanol–water partition coefficient (Wildman–Crippen LogP) is 25.1. The highest BCUT2D eigenvalue weighted by atomic mass is 79.9. The molecule has 8 aromatic heterocycles. The number of aromatic amines is 6. The van der Waals surface area contributed by atoms with Crippen LogP contribution in [0.1, 0.15) is 340 Å². The van der Waals surface area contributed by atoms with Crippen molar-refractivity contribution in [2.24, 2.45) is 32.5 Å². The van der Waals surface area contributed by atoms with Crippen LogP contribution in [0, 0.1) is 81.0 Å². The van der Waals surface area contributed by atoms with Gasteiger partial charge in [-0.05, 0) is 220 Å². The lowest BCUT2D eigenvalue weighted by molar-refractivity contribution is -0.119. The van der Waals surface area contributed by atoms with E-state index in [2.05, 4.69) is 330 Å². The van der Waals surface area contributed by atoms with Gasteiger partial charge in [0.25, 0.3) is 0 Å². The van der Waals surface area contributed by atoms with E-state index in [4.69, 9.17) is 0 Å². The van der Waals surface area contributed by atoms with Crippen molar-refractivity contribution in [3.63, 3.8) is 0 Å². The van der Waals surface area contributed by atoms with Gasteiger partial charge in [0.2, 0.25) is 0 Å². The Morgan fingerprint density at radius 1 is 0.278 bits per heavy atom. The van der Waals surface area contributed by atoms with Crippen LogP contribution in [0.15, 0.2) is 230 Å². The van der Waals surface area contributed by atoms with Gasteiger partial charge in [-0.25, -0.2) is 0 Å². The van der Waals surface area contributed by atoms with Crippen molar-refractivity contribution < 1.29 is 28.8 Å². The molecule has 0 radical (unpaired) electrons. The number of carbonyl (C=O) groups excluding carboxylic acids is 6. The number of Topliss-reactive ketones (excluding diaryl/α,β-unsaturated/α-hetero) is 6. The van der Waals surface area contributed by atoms with E-state index in [9.17, 15) is 28.8 Å². The molecule has 6 N–H and O–H groups in total. The Morgan fingerprint density at radius 2 is 0.583 bits per heavy atom. The van der Waals surface area contributed by atoms with Crippen molar-refractivity contribution in [3.8, 4) is 0 Å². The molecule has 20 nitrogen and oxygen atoms in total. The molecule has 0 aliphatic heterocycles. The molecule has 744 valence electrons. The zero-order valence-electron chi connectivity index (χ0n) is 88.3. The number of ketones is 6. The van der Waals surface area contributed by atoms with Gasteiger partial charge in [-0.3, -0.25) is 69.3 Å². The molecule has 4 unspecified atom stereocenters. The second-order valence-electron chi connectivity index (χ2n) is 48.8. The molecule has 0 bridgehead atoms. The lowest BCUT2D eigenvalue weighted by atomic mass is 9.58. The van der Waals surface area contributed by atoms with Gasteiger partial charge >= 0.3 is 0 Å². The Balaban J connectivity index is 0.000000109. The predicted molar refractivity (Wildman–Crippen MR) is 569 cm³/mol. The second-order valence-corrected chi connectivity index (χ2v) is 49.5. The summed E-state index contributed by atoms with van der Waals surface area (Å²) in [6.45, 7) is 49.7. The van der Waals surface area contributed by atoms with Crippen molar-refractivity contribution in [2.75, 3.05) is 0 Å². The van der Waals surface area contributed by atoms with Gasteiger partial charge in [-0.1, -0.05) is 238 Å². The maximum absolute atomic E-state index is 13.3. The zero-order valence-corrected chi connectivity index (χ0v) is 89.9. The Kier molecular flexibility index (Phi) is 25.6. The number of allylic oxidation sites excluding steroid dienone is 12. The molecule has 6 atom stereocenters. The average molecular weight is 1990 g/mol. The monoisotopic (exact) mass is 1990 g/mol. The van der Waals surface area contributed by atoms with Crippen LogP contribution in [0.4, 0.5) is 0 Å². The fraction of sp³-hybridized carbons (Fsp3) is 0.431. The number of pyridine rings is 2. The molecule has 0 saturated heterocycles. The largest absolute Gasteiger partial charge is 0.294 e. The van der Waals surface area contributed by atoms with Gasteiger partial charge in [-0.2, -0.15) is 30.6 Å². The number of fused-ring (bicyclic) bond motifs is 6. The molecule has 0 saturated carbocycles. The number of halogens is 1. The minimum Gasteiger partial charge on any atom is -0.294 e. The van der Waals surface area contributed by atoms with E-state index in [-0.39, 0.29) is 55.9 Å². The summed E-state index contributed by atoms with van der Waals surface area (Å²) >= 11 is 3.57. The third kappa shape index (κ3) is 17.7. The quantitative estimate of drug-likeness (QED) is 0.0902. The summed E-state index contributed by atoms with van der Waals surface area (Å²) < 4.78 is 0.825. The first kappa shape index (κ1) is 100. The SMILES string of the molecule is CC1(C)CC(=O)C2=C(Cc3[nH]nc(Br)c3C2c2ccccc2)C1.Cc1[nH]nc2c1C(C)(c1ccccc1)C1=C(C2)CC(C)(C)CC1=O.Cc1[nH]nc2c1C(C)(c1cccnc1)C1=C(C2)CC(C)(C)CC1=O.Cc1[nH]nc2c1C(c1cccnc1)C1=C(C2)CC(C)(C)CC1=O.Cc1ccccc1[C@@]1(C)C2=C(Cc3n[nH]c(C)c31)CC(C)(C)CC2=O.Cc1ccccc1[C@]1(C)C2=C(Cc3n[nH]c(C)c31)CC(C)(C)CC2=O. The highest BCUT2D eigenvalue weighted by Gasteiger charge is 2.56. The molecule has 0 fully saturated rings. The third-order valence-electron chi connectivity index (χ3n) is 33.4. The van der Waals surface area contributed by atoms with Crippen molar-refractivity contribution in [2.45, 2.75) is 308 Å². The summed E-state index contributed by atoms with van der Waals surface area (Å²) in [7, 11) is 0. The molecule has 4 aromatic carbocycles. The summed E-state index contributed by atoms with van der Waals surface area (Å²) in [5, 5.41) is 46.1. The topological polar surface area (TPSA) is 300 Å². The van der Waals surface area contributed by atoms with E-state index in [1.165, 1.54) is 83.5 Å². The van der Waals surface area contributed by atoms with Crippen molar-refractivity contribution in [3.05, 3.63) is 370 Å². The zero-order chi connectivity index (χ0) is 103. The number of carbonyl (C=O) groups is 6. The van der Waals surface area contributed by atoms with Crippen LogP contribution in [0.5, 0.6) is 0 Å². The van der Waals surface area contributed by atoms with E-state index < -0.39 is 21.7 Å². The smallest absolute Gasteiger partial charge is 0.160 e. The van der Waals surface area contributed by atoms with E-state index in [0.29, 0.717) is 61.7 Å². The van der Waals surface area contributed by atoms with E-state index in [1.54, 1.807) is 12.4 Å². The van der Waals surface area contributed by atoms with Gasteiger partial charge < -0.3 is 0 Å². The van der Waals surface area contributed by atoms with Gasteiger partial charge in [0, 0.05) is 231 Å². The molecule has 12 aliphatic carbocycles. The maximum atomic E-state index is 13.3. The van der Waals surface area contributed by atoms with Crippen LogP contribution in [0.3, 0.4) is 0 Å². The van der Waals surface area contributed by atoms with Gasteiger partial charge in [0.05, 0.1) is 33.9 Å². The first-order chi connectivity index (χ1) is 68.1. The van der Waals surface area contributed by atoms with E-state index in [1.807, 2.05) is 62.6 Å². The Morgan fingerprint density at radius 3 is 0.972 bits per heavy atom. The van der Waals surface area contributed by atoms with Crippen LogP contribution in [-0.2, 0) is 89.0 Å². The van der Waals surface area contributed by atoms with E-state index >= 15 is 0 Å². The summed E-state index contributed by atoms with van der Waals surface area (Å²) in [5.41, 5.74) is 40.5. The van der Waals surface area contributed by atoms with Crippen LogP contribution in [0.2, 0.25) is 0 Å². The Bertz CT molecular complexity index is 7010. The number of H-pyrrole nitrogens is 6. The summed E-state index contributed by atoms with van der Waals surface area (Å²) in [4.78, 5) is 87.5. The summed E-state index contributed by atoms with van der Waals surface area (Å²) in [5.74, 6) is 1.75. The molecule has 12 aromatic rings. The first-order valence-corrected chi connectivity index (χ1v) is 52.3. The minimum absolute atomic E-state index is 0.00771. The molecule has 0 amide bonds. The minimum atomic E-state index is -0.470. The summed E-state index contributed by atoms with van der Waals surface area (Å²) in [6.07, 6.45) is 21.6. The highest BCUT2D eigenvalue weighted by Crippen LogP contribution is 2.60. The molecule has 8 heterocycles. The fourth-order valence-corrected chi connectivity index (χ4v) is 29.0. The first-order valence-electron chi connectivity index (χ1n) is 51.6. The van der Waals surface area contributed by atoms with Crippen molar-refractivity contribution in [1.29, 1.82) is 0 Å². The van der Waals surface area contributed by atoms with Gasteiger partial charge in [0.15, 0.2) is 34.7 Å². The second kappa shape index (κ2) is 36.8. The number of nitrogens with zero attached hydrogens (tertiary/aromatic N) is 8. The summed E-state index contributed by atoms with van der Waals surface area (Å²) in [6, 6.07) is 45.7. The molecule has 21 heteroatoms. The lowest BCUT2D eigenvalue weighted by Crippen LogP contribution is -2.41. The van der Waals surface area contributed by atoms with Crippen molar-refractivity contribution in [1.82, 2.24) is 71.2 Å². The number of nitrogens with one attached hydrogen (secondary N) is 6. The van der Waals surface area contributed by atoms with Gasteiger partial charge in [-0.15, -0.1) is 0 Å². The fourth-order valence-electron chi connectivity index (χ4n) is 28.5. The standard InChI is InChI=1S/2C22H26N2O.C21H24N2O.C20H23N3O.C19H19BrN2O.C19H21N3O/c2*1-13-8-6-7-9-16(13)22(5)19-14(2)23-24-17(19)10-15-11-21(3,4)12-18(25)20(15)22;1-13-18-16(23-22-13)10-14-11-20(2,3)12-17(24)19(14)21(18,4)15-8-6-5-7-9-15;1-12-17-15(23-22-12)8-13-9-19(2,3)10-16(24)18(13)20(17,4)14-6-5-7-21-11-14;1-19(2)9-12-8-13-17(18(20)22-21-13)16(15(12)14(23)10-19)11-6-4-3-5-7-11;1-11-16-14(22-21-11)7-13-8-19(2,3)9-15(23)17(13)18(16)12-5-4-6-20-10-12/h2*6-9H,10-12H2,1-5H3,(H,23,24);5-9H,10-12H2,1-4H3,(H,22,23);5-7,11H,8-10H2,1-4H3,(H,22,23);3-7,16H,8-10H2,1-2H3,(H,21,22);4-6,10,18H,7-9H2,1-3H3,(H,21,22)/t2*22-;;;;/m10..../s1. The maximum Gasteiger partial charge on any atom is 0.160 e. The number of hydrogen-bond donors (Lipinski definition) is 6. The Labute approximate surface area is 855 Å². The molecule has 0 spiro atoms. The molecular formula is C123H139BrN14O6. The lowest BCUT2D eigenvalue weighted by Gasteiger charge is -2.44. The third-order valence-corrected chi connectivity index (χ3v) is 34.0. The van der Waals surface area contributed by atoms with Crippen molar-refractivity contribution >= 4 is 50.6 Å². The molecule has 24 rings (SSSR count). The van der Waals surface area contributed by atoms with Crippen LogP contribution in [0.25, 0.3) is 0 Å². The molecular weight excluding hydrogens is 1850 g/mol. The molecule has 144 heavy (non-hydrogen) atoms. The molecule has 12 aliphatic rings. The van der Waals surface area contributed by atoms with Gasteiger partial charge in [0.1, 0.15) is 4.60 Å². The van der Waals surface area contributed by atoms with Crippen LogP contribution < -0.4 is 0 Å². The number of aromatic nitrogens is 14. The number of rotatable bonds is 6. The highest BCUT2D eigenvalue weighted by molar-refractivity contribution is 9.10. The van der Waals surface area contributed by atoms with E-state index in [0.717, 1.165) is 206 Å². The average Bonchev–Trinajstić information content (AvgIpc) is 1.32. The normalized spacial score (nSPS) is 24.4. The Hall–Kier alpha value is -12.6. The number of hydrogen-bond acceptors (Lipinski definition) is 14. The van der Waals surface area contributed by atoms with Crippen LogP contribution >= 0.6 is 15.9 Å². The van der Waals surface area contributed by atoms with Crippen LogP contribution in [-0.4, -0.2) is 106 Å². The number of benzene rings is 4. The number of aryl methyl sites for hydroxylation is 7.